The van der Waals surface area contributed by atoms with Crippen molar-refractivity contribution in [2.24, 2.45) is 11.3 Å². The zero-order valence-electron chi connectivity index (χ0n) is 18.8. The molecule has 1 unspecified atom stereocenters. The Hall–Kier alpha value is -2.07. The van der Waals surface area contributed by atoms with Gasteiger partial charge in [-0.1, -0.05) is 39.0 Å². The number of fused-ring (bicyclic) bond motifs is 1. The molecular formula is C26H35NO3. The molecule has 30 heavy (non-hydrogen) atoms. The van der Waals surface area contributed by atoms with Gasteiger partial charge in [-0.25, -0.2) is 0 Å². The predicted octanol–water partition coefficient (Wildman–Crippen LogP) is 5.57. The summed E-state index contributed by atoms with van der Waals surface area (Å²) in [6, 6.07) is 12.9. The van der Waals surface area contributed by atoms with Gasteiger partial charge in [-0.2, -0.15) is 0 Å². The Kier molecular flexibility index (Phi) is 6.06. The number of benzene rings is 2. The Morgan fingerprint density at radius 1 is 1.00 bits per heavy atom. The highest BCUT2D eigenvalue weighted by molar-refractivity contribution is 5.84. The van der Waals surface area contributed by atoms with Crippen LogP contribution in [0.4, 0.5) is 0 Å². The molecule has 1 atom stereocenters. The zero-order chi connectivity index (χ0) is 21.3. The van der Waals surface area contributed by atoms with Crippen molar-refractivity contribution in [2.75, 3.05) is 13.7 Å². The third-order valence-corrected chi connectivity index (χ3v) is 7.07. The highest BCUT2D eigenvalue weighted by atomic mass is 16.5. The minimum absolute atomic E-state index is 0.0881. The summed E-state index contributed by atoms with van der Waals surface area (Å²) in [6.07, 6.45) is 6.04. The number of likely N-dealkylation sites (tertiary alicyclic amines) is 1. The third-order valence-electron chi connectivity index (χ3n) is 7.07. The monoisotopic (exact) mass is 409 g/mol. The SMILES string of the molecule is COC(=O)C1CCN1Cc1ccc2cc(O[C@H]3CC[C@H](C(C)(C)C)CC3)ccc2c1. The van der Waals surface area contributed by atoms with E-state index in [1.165, 1.54) is 36.3 Å². The quantitative estimate of drug-likeness (QED) is 0.605. The maximum Gasteiger partial charge on any atom is 0.323 e. The van der Waals surface area contributed by atoms with Crippen LogP contribution in [-0.4, -0.2) is 36.7 Å². The number of ether oxygens (including phenoxy) is 2. The van der Waals surface area contributed by atoms with Crippen LogP contribution in [0.25, 0.3) is 10.8 Å². The van der Waals surface area contributed by atoms with E-state index in [0.29, 0.717) is 11.5 Å². The largest absolute Gasteiger partial charge is 0.490 e. The maximum atomic E-state index is 11.8. The number of hydrogen-bond acceptors (Lipinski definition) is 4. The van der Waals surface area contributed by atoms with Crippen molar-refractivity contribution < 1.29 is 14.3 Å². The molecule has 1 aliphatic heterocycles. The van der Waals surface area contributed by atoms with Crippen LogP contribution in [0.2, 0.25) is 0 Å². The molecule has 1 aliphatic carbocycles. The molecule has 0 radical (unpaired) electrons. The van der Waals surface area contributed by atoms with E-state index in [1.807, 2.05) is 0 Å². The van der Waals surface area contributed by atoms with Gasteiger partial charge in [0.25, 0.3) is 0 Å². The van der Waals surface area contributed by atoms with Gasteiger partial charge >= 0.3 is 5.97 Å². The van der Waals surface area contributed by atoms with Crippen LogP contribution in [0.5, 0.6) is 5.75 Å². The summed E-state index contributed by atoms with van der Waals surface area (Å²) in [5, 5.41) is 2.42. The van der Waals surface area contributed by atoms with E-state index in [9.17, 15) is 4.79 Å². The first-order valence-electron chi connectivity index (χ1n) is 11.3. The maximum absolute atomic E-state index is 11.8. The number of esters is 1. The molecule has 1 saturated carbocycles. The fourth-order valence-electron chi connectivity index (χ4n) is 4.95. The van der Waals surface area contributed by atoms with Crippen LogP contribution in [0.3, 0.4) is 0 Å². The number of carbonyl (C=O) groups excluding carboxylic acids is 1. The van der Waals surface area contributed by atoms with Gasteiger partial charge in [-0.05, 0) is 78.0 Å². The smallest absolute Gasteiger partial charge is 0.323 e. The number of carbonyl (C=O) groups is 1. The molecule has 2 aliphatic rings. The van der Waals surface area contributed by atoms with Crippen LogP contribution in [0, 0.1) is 11.3 Å². The molecule has 2 fully saturated rings. The fraction of sp³-hybridized carbons (Fsp3) is 0.577. The standard InChI is InChI=1S/C26H35NO3/c1-26(2,3)21-8-11-22(12-9-21)30-23-10-7-19-15-18(5-6-20(19)16-23)17-27-14-13-24(27)25(28)29-4/h5-7,10,15-16,21-22,24H,8-9,11-14,17H2,1-4H3/t21-,22-,24?. The Labute approximate surface area is 180 Å². The summed E-state index contributed by atoms with van der Waals surface area (Å²) in [6.45, 7) is 8.79. The van der Waals surface area contributed by atoms with Crippen molar-refractivity contribution in [1.29, 1.82) is 0 Å². The summed E-state index contributed by atoms with van der Waals surface area (Å²) in [7, 11) is 1.46. The fourth-order valence-corrected chi connectivity index (χ4v) is 4.95. The molecule has 2 aromatic rings. The summed E-state index contributed by atoms with van der Waals surface area (Å²) in [5.41, 5.74) is 1.63. The van der Waals surface area contributed by atoms with Gasteiger partial charge in [0.05, 0.1) is 13.2 Å². The van der Waals surface area contributed by atoms with E-state index >= 15 is 0 Å². The average Bonchev–Trinajstić information content (AvgIpc) is 2.70. The number of rotatable bonds is 5. The highest BCUT2D eigenvalue weighted by Gasteiger charge is 2.34. The predicted molar refractivity (Wildman–Crippen MR) is 121 cm³/mol. The first-order chi connectivity index (χ1) is 14.3. The van der Waals surface area contributed by atoms with Crippen molar-refractivity contribution in [1.82, 2.24) is 4.90 Å². The number of hydrogen-bond donors (Lipinski definition) is 0. The summed E-state index contributed by atoms with van der Waals surface area (Å²) >= 11 is 0. The van der Waals surface area contributed by atoms with E-state index in [0.717, 1.165) is 44.0 Å². The van der Waals surface area contributed by atoms with Gasteiger partial charge in [0, 0.05) is 13.1 Å². The molecule has 0 spiro atoms. The molecule has 1 heterocycles. The van der Waals surface area contributed by atoms with Crippen LogP contribution < -0.4 is 4.74 Å². The first kappa shape index (κ1) is 21.2. The highest BCUT2D eigenvalue weighted by Crippen LogP contribution is 2.39. The topological polar surface area (TPSA) is 38.8 Å². The summed E-state index contributed by atoms with van der Waals surface area (Å²) < 4.78 is 11.2. The van der Waals surface area contributed by atoms with E-state index in [4.69, 9.17) is 9.47 Å². The van der Waals surface area contributed by atoms with Gasteiger partial charge < -0.3 is 9.47 Å². The van der Waals surface area contributed by atoms with Crippen molar-refractivity contribution in [3.63, 3.8) is 0 Å². The Morgan fingerprint density at radius 2 is 1.70 bits per heavy atom. The molecule has 0 N–H and O–H groups in total. The van der Waals surface area contributed by atoms with Crippen molar-refractivity contribution in [3.05, 3.63) is 42.0 Å². The van der Waals surface area contributed by atoms with Crippen LogP contribution in [-0.2, 0) is 16.1 Å². The molecule has 4 rings (SSSR count). The molecule has 4 nitrogen and oxygen atoms in total. The number of nitrogens with zero attached hydrogens (tertiary/aromatic N) is 1. The van der Waals surface area contributed by atoms with E-state index < -0.39 is 0 Å². The van der Waals surface area contributed by atoms with Crippen LogP contribution in [0.1, 0.15) is 58.4 Å². The number of methoxy groups -OCH3 is 1. The molecule has 0 bridgehead atoms. The minimum Gasteiger partial charge on any atom is -0.490 e. The molecule has 0 amide bonds. The Morgan fingerprint density at radius 3 is 2.33 bits per heavy atom. The second kappa shape index (κ2) is 8.58. The average molecular weight is 410 g/mol. The Balaban J connectivity index is 1.37. The first-order valence-corrected chi connectivity index (χ1v) is 11.3. The van der Waals surface area contributed by atoms with E-state index in [2.05, 4.69) is 62.1 Å². The molecule has 1 saturated heterocycles. The minimum atomic E-state index is -0.125. The second-order valence-electron chi connectivity index (χ2n) is 10.1. The van der Waals surface area contributed by atoms with Crippen LogP contribution >= 0.6 is 0 Å². The van der Waals surface area contributed by atoms with Crippen LogP contribution in [0.15, 0.2) is 36.4 Å². The van der Waals surface area contributed by atoms with Gasteiger partial charge in [0.15, 0.2) is 0 Å². The molecule has 162 valence electrons. The molecular weight excluding hydrogens is 374 g/mol. The Bertz CT molecular complexity index is 893. The lowest BCUT2D eigenvalue weighted by Crippen LogP contribution is -2.52. The lowest BCUT2D eigenvalue weighted by molar-refractivity contribution is -0.152. The van der Waals surface area contributed by atoms with Crippen molar-refractivity contribution in [2.45, 2.75) is 71.6 Å². The molecule has 4 heteroatoms. The summed E-state index contributed by atoms with van der Waals surface area (Å²) in [5.74, 6) is 1.65. The van der Waals surface area contributed by atoms with E-state index in [-0.39, 0.29) is 12.0 Å². The van der Waals surface area contributed by atoms with Crippen molar-refractivity contribution >= 4 is 16.7 Å². The summed E-state index contributed by atoms with van der Waals surface area (Å²) in [4.78, 5) is 14.0. The van der Waals surface area contributed by atoms with Gasteiger partial charge in [-0.3, -0.25) is 9.69 Å². The van der Waals surface area contributed by atoms with Gasteiger partial charge in [0.1, 0.15) is 11.8 Å². The molecule has 0 aromatic heterocycles. The van der Waals surface area contributed by atoms with Gasteiger partial charge in [-0.15, -0.1) is 0 Å². The normalized spacial score (nSPS) is 25.0. The van der Waals surface area contributed by atoms with Crippen molar-refractivity contribution in [3.8, 4) is 5.75 Å². The molecule has 2 aromatic carbocycles. The third kappa shape index (κ3) is 4.64. The lowest BCUT2D eigenvalue weighted by atomic mass is 9.72. The zero-order valence-corrected chi connectivity index (χ0v) is 18.8. The second-order valence-corrected chi connectivity index (χ2v) is 10.1. The van der Waals surface area contributed by atoms with Gasteiger partial charge in [0.2, 0.25) is 0 Å². The lowest BCUT2D eigenvalue weighted by Gasteiger charge is -2.38. The van der Waals surface area contributed by atoms with E-state index in [1.54, 1.807) is 0 Å².